The Kier molecular flexibility index (Phi) is 9.44. The third-order valence-corrected chi connectivity index (χ3v) is 1.15. The fourth-order valence-electron chi connectivity index (χ4n) is 0.540. The maximum atomic E-state index is 2.31. The molecule has 0 aliphatic heterocycles. The van der Waals surface area contributed by atoms with Crippen molar-refractivity contribution in [1.82, 2.24) is 4.90 Å². The monoisotopic (exact) mass is 117 g/mol. The summed E-state index contributed by atoms with van der Waals surface area (Å²) in [6.07, 6.45) is 1.27. The third kappa shape index (κ3) is 5.96. The van der Waals surface area contributed by atoms with Crippen LogP contribution in [0.5, 0.6) is 0 Å². The summed E-state index contributed by atoms with van der Waals surface area (Å²) in [5.74, 6) is 0. The Balaban J connectivity index is 0. The Hall–Kier alpha value is -0.0400. The van der Waals surface area contributed by atoms with Crippen LogP contribution in [-0.4, -0.2) is 25.0 Å². The summed E-state index contributed by atoms with van der Waals surface area (Å²) < 4.78 is 0. The van der Waals surface area contributed by atoms with Crippen LogP contribution in [0.2, 0.25) is 0 Å². The van der Waals surface area contributed by atoms with E-state index in [0.29, 0.717) is 0 Å². The summed E-state index contributed by atoms with van der Waals surface area (Å²) in [6.45, 7) is 6.78. The van der Waals surface area contributed by atoms with Gasteiger partial charge in [0.2, 0.25) is 0 Å². The fraction of sp³-hybridized carbons (Fsp3) is 1.00. The minimum absolute atomic E-state index is 0. The molecule has 0 aliphatic carbocycles. The topological polar surface area (TPSA) is 3.24 Å². The largest absolute Gasteiger partial charge is 0.307 e. The van der Waals surface area contributed by atoms with Crippen LogP contribution in [0, 0.1) is 0 Å². The number of rotatable bonds is 3. The predicted octanol–water partition coefficient (Wildman–Crippen LogP) is 1.98. The quantitative estimate of drug-likeness (QED) is 0.546. The zero-order chi connectivity index (χ0) is 5.70. The summed E-state index contributed by atoms with van der Waals surface area (Å²) in [5, 5.41) is 0. The Labute approximate surface area is 53.7 Å². The summed E-state index contributed by atoms with van der Waals surface area (Å²) >= 11 is 0. The molecule has 0 spiro atoms. The van der Waals surface area contributed by atoms with Crippen LogP contribution in [-0.2, 0) is 0 Å². The van der Waals surface area contributed by atoms with Crippen LogP contribution in [0.4, 0.5) is 0 Å². The zero-order valence-electron chi connectivity index (χ0n) is 5.57. The molecule has 0 aliphatic rings. The second-order valence-electron chi connectivity index (χ2n) is 1.90. The third-order valence-electron chi connectivity index (χ3n) is 1.15. The average Bonchev–Trinajstić information content (AvgIpc) is 1.68. The lowest BCUT2D eigenvalue weighted by Crippen LogP contribution is -2.17. The molecule has 1 nitrogen and oxygen atoms in total. The van der Waals surface area contributed by atoms with Gasteiger partial charge in [0.25, 0.3) is 0 Å². The SMILES string of the molecule is C.CCCN(C)CC. The minimum Gasteiger partial charge on any atom is -0.307 e. The van der Waals surface area contributed by atoms with Gasteiger partial charge in [-0.25, -0.2) is 0 Å². The average molecular weight is 117 g/mol. The van der Waals surface area contributed by atoms with Gasteiger partial charge in [0.1, 0.15) is 0 Å². The van der Waals surface area contributed by atoms with Gasteiger partial charge >= 0.3 is 0 Å². The molecule has 0 aromatic rings. The molecule has 0 atom stereocenters. The van der Waals surface area contributed by atoms with Gasteiger partial charge in [0, 0.05) is 0 Å². The van der Waals surface area contributed by atoms with E-state index in [0.717, 1.165) is 0 Å². The van der Waals surface area contributed by atoms with E-state index in [-0.39, 0.29) is 7.43 Å². The lowest BCUT2D eigenvalue weighted by Gasteiger charge is -2.10. The molecule has 0 N–H and O–H groups in total. The van der Waals surface area contributed by atoms with Gasteiger partial charge in [0.15, 0.2) is 0 Å². The molecular formula is C7H19N. The van der Waals surface area contributed by atoms with Crippen molar-refractivity contribution in [2.75, 3.05) is 20.1 Å². The van der Waals surface area contributed by atoms with Crippen molar-refractivity contribution in [1.29, 1.82) is 0 Å². The molecule has 0 heterocycles. The van der Waals surface area contributed by atoms with E-state index >= 15 is 0 Å². The fourth-order valence-corrected chi connectivity index (χ4v) is 0.540. The highest BCUT2D eigenvalue weighted by Gasteiger charge is 1.86. The molecule has 0 saturated carbocycles. The van der Waals surface area contributed by atoms with Crippen LogP contribution >= 0.6 is 0 Å². The van der Waals surface area contributed by atoms with Gasteiger partial charge < -0.3 is 4.90 Å². The van der Waals surface area contributed by atoms with Crippen LogP contribution in [0.25, 0.3) is 0 Å². The van der Waals surface area contributed by atoms with Gasteiger partial charge in [-0.15, -0.1) is 0 Å². The molecule has 0 bridgehead atoms. The van der Waals surface area contributed by atoms with E-state index in [1.165, 1.54) is 19.5 Å². The molecule has 0 rings (SSSR count). The molecule has 0 amide bonds. The lowest BCUT2D eigenvalue weighted by atomic mass is 10.4. The standard InChI is InChI=1S/C6H15N.CH4/c1-4-6-7(3)5-2;/h4-6H2,1-3H3;1H4. The van der Waals surface area contributed by atoms with Gasteiger partial charge in [-0.2, -0.15) is 0 Å². The maximum Gasteiger partial charge on any atom is -0.00245 e. The molecule has 0 fully saturated rings. The molecule has 0 aromatic carbocycles. The van der Waals surface area contributed by atoms with Crippen molar-refractivity contribution >= 4 is 0 Å². The van der Waals surface area contributed by atoms with Crippen molar-refractivity contribution in [3.63, 3.8) is 0 Å². The highest BCUT2D eigenvalue weighted by Crippen LogP contribution is 1.81. The van der Waals surface area contributed by atoms with Crippen molar-refractivity contribution in [2.45, 2.75) is 27.7 Å². The van der Waals surface area contributed by atoms with E-state index in [4.69, 9.17) is 0 Å². The van der Waals surface area contributed by atoms with Crippen molar-refractivity contribution in [2.24, 2.45) is 0 Å². The molecule has 1 heteroatoms. The molecule has 52 valence electrons. The number of nitrogens with zero attached hydrogens (tertiary/aromatic N) is 1. The Morgan fingerprint density at radius 2 is 1.75 bits per heavy atom. The Morgan fingerprint density at radius 1 is 1.25 bits per heavy atom. The van der Waals surface area contributed by atoms with Crippen LogP contribution in [0.3, 0.4) is 0 Å². The normalized spacial score (nSPS) is 9.00. The van der Waals surface area contributed by atoms with E-state index in [1.807, 2.05) is 0 Å². The van der Waals surface area contributed by atoms with E-state index in [2.05, 4.69) is 25.8 Å². The van der Waals surface area contributed by atoms with Crippen molar-refractivity contribution in [3.8, 4) is 0 Å². The number of hydrogen-bond donors (Lipinski definition) is 0. The first kappa shape index (κ1) is 10.9. The summed E-state index contributed by atoms with van der Waals surface area (Å²) in [5.41, 5.74) is 0. The maximum absolute atomic E-state index is 2.31. The minimum atomic E-state index is 0. The molecule has 0 radical (unpaired) electrons. The van der Waals surface area contributed by atoms with Crippen molar-refractivity contribution in [3.05, 3.63) is 0 Å². The molecule has 0 aromatic heterocycles. The van der Waals surface area contributed by atoms with Gasteiger partial charge in [-0.05, 0) is 26.6 Å². The number of hydrogen-bond acceptors (Lipinski definition) is 1. The Bertz CT molecular complexity index is 35.4. The summed E-state index contributed by atoms with van der Waals surface area (Å²) in [7, 11) is 2.14. The van der Waals surface area contributed by atoms with E-state index in [1.54, 1.807) is 0 Å². The lowest BCUT2D eigenvalue weighted by molar-refractivity contribution is 0.353. The molecule has 0 saturated heterocycles. The highest BCUT2D eigenvalue weighted by molar-refractivity contribution is 4.41. The highest BCUT2D eigenvalue weighted by atomic mass is 15.1. The smallest absolute Gasteiger partial charge is 0.00245 e. The second kappa shape index (κ2) is 6.96. The predicted molar refractivity (Wildman–Crippen MR) is 40.2 cm³/mol. The first-order chi connectivity index (χ1) is 3.31. The van der Waals surface area contributed by atoms with Crippen LogP contribution < -0.4 is 0 Å². The zero-order valence-corrected chi connectivity index (χ0v) is 5.57. The van der Waals surface area contributed by atoms with Gasteiger partial charge in [0.05, 0.1) is 0 Å². The molecule has 8 heavy (non-hydrogen) atoms. The summed E-state index contributed by atoms with van der Waals surface area (Å²) in [4.78, 5) is 2.31. The molecular weight excluding hydrogens is 98.1 g/mol. The second-order valence-corrected chi connectivity index (χ2v) is 1.90. The first-order valence-corrected chi connectivity index (χ1v) is 2.99. The van der Waals surface area contributed by atoms with E-state index in [9.17, 15) is 0 Å². The Morgan fingerprint density at radius 3 is 1.88 bits per heavy atom. The molecule has 0 unspecified atom stereocenters. The van der Waals surface area contributed by atoms with Gasteiger partial charge in [-0.3, -0.25) is 0 Å². The van der Waals surface area contributed by atoms with Crippen molar-refractivity contribution < 1.29 is 0 Å². The van der Waals surface area contributed by atoms with E-state index < -0.39 is 0 Å². The van der Waals surface area contributed by atoms with Crippen LogP contribution in [0.15, 0.2) is 0 Å². The van der Waals surface area contributed by atoms with Gasteiger partial charge in [-0.1, -0.05) is 21.3 Å². The van der Waals surface area contributed by atoms with Crippen LogP contribution in [0.1, 0.15) is 27.7 Å². The summed E-state index contributed by atoms with van der Waals surface area (Å²) in [6, 6.07) is 0. The first-order valence-electron chi connectivity index (χ1n) is 2.99.